The van der Waals surface area contributed by atoms with Gasteiger partial charge in [-0.15, -0.1) is 0 Å². The van der Waals surface area contributed by atoms with Crippen molar-refractivity contribution < 1.29 is 19.4 Å². The van der Waals surface area contributed by atoms with E-state index in [0.717, 1.165) is 5.56 Å². The van der Waals surface area contributed by atoms with Crippen LogP contribution in [0.25, 0.3) is 0 Å². The second-order valence-corrected chi connectivity index (χ2v) is 7.27. The molecular formula is C18H27N3O4. The molecule has 7 heteroatoms. The Morgan fingerprint density at radius 1 is 1.12 bits per heavy atom. The van der Waals surface area contributed by atoms with E-state index in [2.05, 4.69) is 0 Å². The predicted molar refractivity (Wildman–Crippen MR) is 94.2 cm³/mol. The molecule has 2 amide bonds. The summed E-state index contributed by atoms with van der Waals surface area (Å²) in [5.41, 5.74) is 6.40. The number of phenols is 1. The van der Waals surface area contributed by atoms with Crippen LogP contribution in [-0.4, -0.2) is 64.7 Å². The van der Waals surface area contributed by atoms with Crippen molar-refractivity contribution in [2.45, 2.75) is 38.8 Å². The Balaban J connectivity index is 1.84. The maximum absolute atomic E-state index is 12.5. The minimum Gasteiger partial charge on any atom is -0.508 e. The van der Waals surface area contributed by atoms with Gasteiger partial charge in [0.2, 0.25) is 5.91 Å². The van der Waals surface area contributed by atoms with Crippen LogP contribution in [-0.2, 0) is 16.0 Å². The number of ether oxygens (including phenoxy) is 1. The van der Waals surface area contributed by atoms with E-state index < -0.39 is 11.6 Å². The lowest BCUT2D eigenvalue weighted by Crippen LogP contribution is -2.55. The van der Waals surface area contributed by atoms with Crippen LogP contribution in [0.15, 0.2) is 24.3 Å². The quantitative estimate of drug-likeness (QED) is 0.858. The molecular weight excluding hydrogens is 322 g/mol. The molecule has 0 aromatic heterocycles. The highest BCUT2D eigenvalue weighted by molar-refractivity contribution is 5.82. The van der Waals surface area contributed by atoms with Crippen molar-refractivity contribution in [1.82, 2.24) is 9.80 Å². The van der Waals surface area contributed by atoms with E-state index in [9.17, 15) is 14.7 Å². The highest BCUT2D eigenvalue weighted by atomic mass is 16.6. The van der Waals surface area contributed by atoms with E-state index in [1.807, 2.05) is 20.8 Å². The topological polar surface area (TPSA) is 96.1 Å². The largest absolute Gasteiger partial charge is 0.508 e. The average Bonchev–Trinajstić information content (AvgIpc) is 2.55. The molecule has 0 aliphatic carbocycles. The van der Waals surface area contributed by atoms with Gasteiger partial charge in [0.25, 0.3) is 0 Å². The third kappa shape index (κ3) is 5.63. The van der Waals surface area contributed by atoms with Crippen LogP contribution in [0.4, 0.5) is 4.79 Å². The maximum atomic E-state index is 12.5. The monoisotopic (exact) mass is 349 g/mol. The van der Waals surface area contributed by atoms with Gasteiger partial charge in [0.1, 0.15) is 11.4 Å². The summed E-state index contributed by atoms with van der Waals surface area (Å²) in [7, 11) is 0. The third-order valence-corrected chi connectivity index (χ3v) is 3.95. The van der Waals surface area contributed by atoms with E-state index in [1.54, 1.807) is 34.1 Å². The Labute approximate surface area is 148 Å². The highest BCUT2D eigenvalue weighted by Crippen LogP contribution is 2.14. The fourth-order valence-corrected chi connectivity index (χ4v) is 2.64. The van der Waals surface area contributed by atoms with Gasteiger partial charge in [0.15, 0.2) is 0 Å². The third-order valence-electron chi connectivity index (χ3n) is 3.95. The number of amides is 2. The molecule has 0 saturated carbocycles. The Morgan fingerprint density at radius 2 is 1.64 bits per heavy atom. The number of hydrogen-bond donors (Lipinski definition) is 2. The molecule has 138 valence electrons. The van der Waals surface area contributed by atoms with Crippen LogP contribution in [0.2, 0.25) is 0 Å². The van der Waals surface area contributed by atoms with E-state index in [1.165, 1.54) is 0 Å². The fourth-order valence-electron chi connectivity index (χ4n) is 2.64. The number of phenolic OH excluding ortho intramolecular Hbond substituents is 1. The molecule has 1 aromatic carbocycles. The summed E-state index contributed by atoms with van der Waals surface area (Å²) < 4.78 is 5.35. The van der Waals surface area contributed by atoms with Gasteiger partial charge in [-0.3, -0.25) is 4.79 Å². The molecule has 0 spiro atoms. The van der Waals surface area contributed by atoms with Crippen LogP contribution in [0.3, 0.4) is 0 Å². The van der Waals surface area contributed by atoms with Crippen molar-refractivity contribution in [3.8, 4) is 5.75 Å². The number of nitrogens with two attached hydrogens (primary N) is 1. The van der Waals surface area contributed by atoms with Crippen LogP contribution in [0.1, 0.15) is 26.3 Å². The summed E-state index contributed by atoms with van der Waals surface area (Å²) in [4.78, 5) is 27.8. The Bertz CT molecular complexity index is 602. The highest BCUT2D eigenvalue weighted by Gasteiger charge is 2.29. The van der Waals surface area contributed by atoms with Crippen molar-refractivity contribution in [3.05, 3.63) is 29.8 Å². The molecule has 1 aliphatic rings. The number of piperazine rings is 1. The zero-order valence-corrected chi connectivity index (χ0v) is 15.1. The number of hydrogen-bond acceptors (Lipinski definition) is 5. The predicted octanol–water partition coefficient (Wildman–Crippen LogP) is 1.34. The molecule has 0 radical (unpaired) electrons. The normalized spacial score (nSPS) is 16.5. The zero-order valence-electron chi connectivity index (χ0n) is 15.1. The average molecular weight is 349 g/mol. The first kappa shape index (κ1) is 19.1. The summed E-state index contributed by atoms with van der Waals surface area (Å²) in [6.45, 7) is 7.24. The van der Waals surface area contributed by atoms with Gasteiger partial charge >= 0.3 is 6.09 Å². The van der Waals surface area contributed by atoms with Gasteiger partial charge in [-0.1, -0.05) is 12.1 Å². The minimum absolute atomic E-state index is 0.128. The summed E-state index contributed by atoms with van der Waals surface area (Å²) in [5.74, 6) is 0.0545. The molecule has 2 rings (SSSR count). The second kappa shape index (κ2) is 7.74. The number of carbonyl (C=O) groups is 2. The summed E-state index contributed by atoms with van der Waals surface area (Å²) in [6.07, 6.45) is 0.0544. The summed E-state index contributed by atoms with van der Waals surface area (Å²) in [6, 6.07) is 6.02. The van der Waals surface area contributed by atoms with Gasteiger partial charge < -0.3 is 25.4 Å². The standard InChI is InChI=1S/C18H27N3O4/c1-18(2,3)25-17(24)21-10-8-20(9-11-21)16(23)15(19)12-13-4-6-14(22)7-5-13/h4-7,15,22H,8-12,19H2,1-3H3/t15-/m0/s1. The smallest absolute Gasteiger partial charge is 0.410 e. The first-order chi connectivity index (χ1) is 11.7. The van der Waals surface area contributed by atoms with E-state index in [-0.39, 0.29) is 17.7 Å². The number of nitrogens with zero attached hydrogens (tertiary/aromatic N) is 2. The van der Waals surface area contributed by atoms with Crippen LogP contribution < -0.4 is 5.73 Å². The lowest BCUT2D eigenvalue weighted by Gasteiger charge is -2.36. The first-order valence-corrected chi connectivity index (χ1v) is 8.46. The molecule has 1 aliphatic heterocycles. The number of rotatable bonds is 3. The summed E-state index contributed by atoms with van der Waals surface area (Å²) >= 11 is 0. The van der Waals surface area contributed by atoms with Crippen molar-refractivity contribution >= 4 is 12.0 Å². The lowest BCUT2D eigenvalue weighted by atomic mass is 10.1. The molecule has 1 saturated heterocycles. The second-order valence-electron chi connectivity index (χ2n) is 7.27. The van der Waals surface area contributed by atoms with Crippen LogP contribution in [0.5, 0.6) is 5.75 Å². The zero-order chi connectivity index (χ0) is 18.6. The van der Waals surface area contributed by atoms with Gasteiger partial charge in [-0.25, -0.2) is 4.79 Å². The maximum Gasteiger partial charge on any atom is 0.410 e. The lowest BCUT2D eigenvalue weighted by molar-refractivity contribution is -0.134. The summed E-state index contributed by atoms with van der Waals surface area (Å²) in [5, 5.41) is 9.30. The van der Waals surface area contributed by atoms with Crippen molar-refractivity contribution in [2.24, 2.45) is 5.73 Å². The van der Waals surface area contributed by atoms with Crippen LogP contribution >= 0.6 is 0 Å². The number of aromatic hydroxyl groups is 1. The van der Waals surface area contributed by atoms with Gasteiger partial charge in [0, 0.05) is 26.2 Å². The van der Waals surface area contributed by atoms with Crippen molar-refractivity contribution in [2.75, 3.05) is 26.2 Å². The SMILES string of the molecule is CC(C)(C)OC(=O)N1CCN(C(=O)[C@@H](N)Cc2ccc(O)cc2)CC1. The van der Waals surface area contributed by atoms with E-state index in [4.69, 9.17) is 10.5 Å². The molecule has 1 fully saturated rings. The van der Waals surface area contributed by atoms with Gasteiger partial charge in [-0.2, -0.15) is 0 Å². The molecule has 25 heavy (non-hydrogen) atoms. The first-order valence-electron chi connectivity index (χ1n) is 8.46. The Morgan fingerprint density at radius 3 is 2.16 bits per heavy atom. The van der Waals surface area contributed by atoms with Gasteiger partial charge in [0.05, 0.1) is 6.04 Å². The molecule has 0 unspecified atom stereocenters. The number of carbonyl (C=O) groups excluding carboxylic acids is 2. The fraction of sp³-hybridized carbons (Fsp3) is 0.556. The molecule has 1 aromatic rings. The van der Waals surface area contributed by atoms with Crippen molar-refractivity contribution in [3.63, 3.8) is 0 Å². The number of benzene rings is 1. The minimum atomic E-state index is -0.641. The van der Waals surface area contributed by atoms with E-state index in [0.29, 0.717) is 32.6 Å². The van der Waals surface area contributed by atoms with E-state index >= 15 is 0 Å². The molecule has 1 heterocycles. The molecule has 7 nitrogen and oxygen atoms in total. The molecule has 3 N–H and O–H groups in total. The Kier molecular flexibility index (Phi) is 5.89. The van der Waals surface area contributed by atoms with Crippen LogP contribution in [0, 0.1) is 0 Å². The Hall–Kier alpha value is -2.28. The molecule has 0 bridgehead atoms. The molecule has 1 atom stereocenters. The van der Waals surface area contributed by atoms with Gasteiger partial charge in [-0.05, 0) is 44.9 Å². The van der Waals surface area contributed by atoms with Crippen molar-refractivity contribution in [1.29, 1.82) is 0 Å².